The average Bonchev–Trinajstić information content (AvgIpc) is 2.96. The molecule has 0 amide bonds. The van der Waals surface area contributed by atoms with Crippen LogP contribution < -0.4 is 4.90 Å². The third-order valence-electron chi connectivity index (χ3n) is 4.25. The van der Waals surface area contributed by atoms with Gasteiger partial charge in [-0.1, -0.05) is 17.3 Å². The van der Waals surface area contributed by atoms with Crippen LogP contribution in [0.4, 0.5) is 5.82 Å². The first-order valence-corrected chi connectivity index (χ1v) is 7.30. The van der Waals surface area contributed by atoms with E-state index in [4.69, 9.17) is 9.51 Å². The fraction of sp³-hybridized carbons (Fsp3) is 0.375. The first kappa shape index (κ1) is 12.6. The van der Waals surface area contributed by atoms with Gasteiger partial charge in [0.1, 0.15) is 6.26 Å². The molecule has 3 heterocycles. The van der Waals surface area contributed by atoms with Gasteiger partial charge in [0.15, 0.2) is 11.3 Å². The van der Waals surface area contributed by atoms with Gasteiger partial charge in [0, 0.05) is 31.6 Å². The highest BCUT2D eigenvalue weighted by Gasteiger charge is 2.20. The maximum atomic E-state index is 5.23. The Morgan fingerprint density at radius 3 is 2.71 bits per heavy atom. The number of likely N-dealkylation sites (N-methyl/N-ethyl adjacent to an activating group) is 1. The molecule has 0 spiro atoms. The van der Waals surface area contributed by atoms with Gasteiger partial charge in [0.2, 0.25) is 0 Å². The number of nitrogens with zero attached hydrogens (tertiary/aromatic N) is 4. The van der Waals surface area contributed by atoms with Crippen molar-refractivity contribution in [3.8, 4) is 0 Å². The van der Waals surface area contributed by atoms with Crippen molar-refractivity contribution in [3.63, 3.8) is 0 Å². The molecule has 0 bridgehead atoms. The Morgan fingerprint density at radius 2 is 1.90 bits per heavy atom. The molecule has 0 N–H and O–H groups in total. The Hall–Kier alpha value is -2.14. The van der Waals surface area contributed by atoms with E-state index < -0.39 is 0 Å². The third-order valence-corrected chi connectivity index (χ3v) is 4.25. The molecule has 3 aromatic rings. The highest BCUT2D eigenvalue weighted by Crippen LogP contribution is 2.31. The lowest BCUT2D eigenvalue weighted by Gasteiger charge is -2.33. The Balaban J connectivity index is 1.92. The largest absolute Gasteiger partial charge is 0.363 e. The Kier molecular flexibility index (Phi) is 2.82. The smallest absolute Gasteiger partial charge is 0.159 e. The standard InChI is InChI=1S/C16H18N4O/c1-11-3-4-12-13-10-21-18-15(13)16(17-14(12)9-11)20-7-5-19(2)6-8-20/h3-4,9-10H,5-8H2,1-2H3. The molecule has 5 heteroatoms. The minimum atomic E-state index is 0.871. The van der Waals surface area contributed by atoms with Crippen LogP contribution in [0.1, 0.15) is 5.56 Å². The number of hydrogen-bond acceptors (Lipinski definition) is 5. The van der Waals surface area contributed by atoms with Gasteiger partial charge in [-0.05, 0) is 25.6 Å². The number of aromatic nitrogens is 2. The maximum Gasteiger partial charge on any atom is 0.159 e. The molecule has 1 aromatic carbocycles. The van der Waals surface area contributed by atoms with Crippen molar-refractivity contribution < 1.29 is 4.52 Å². The summed E-state index contributed by atoms with van der Waals surface area (Å²) in [5.41, 5.74) is 3.10. The lowest BCUT2D eigenvalue weighted by molar-refractivity contribution is 0.312. The Labute approximate surface area is 123 Å². The van der Waals surface area contributed by atoms with Crippen LogP contribution in [0.25, 0.3) is 21.8 Å². The van der Waals surface area contributed by atoms with Gasteiger partial charge in [0.05, 0.1) is 10.9 Å². The molecule has 4 rings (SSSR count). The molecular formula is C16H18N4O. The predicted octanol–water partition coefficient (Wildman–Crippen LogP) is 2.44. The Morgan fingerprint density at radius 1 is 1.10 bits per heavy atom. The van der Waals surface area contributed by atoms with Gasteiger partial charge in [-0.2, -0.15) is 0 Å². The summed E-state index contributed by atoms with van der Waals surface area (Å²) >= 11 is 0. The quantitative estimate of drug-likeness (QED) is 0.686. The minimum Gasteiger partial charge on any atom is -0.363 e. The van der Waals surface area contributed by atoms with Crippen molar-refractivity contribution in [1.82, 2.24) is 15.0 Å². The number of rotatable bonds is 1. The van der Waals surface area contributed by atoms with Crippen molar-refractivity contribution in [2.75, 3.05) is 38.1 Å². The SMILES string of the molecule is Cc1ccc2c(c1)nc(N1CCN(C)CC1)c1nocc12. The van der Waals surface area contributed by atoms with Crippen LogP contribution in [0.2, 0.25) is 0 Å². The topological polar surface area (TPSA) is 45.4 Å². The fourth-order valence-corrected chi connectivity index (χ4v) is 2.96. The first-order chi connectivity index (χ1) is 10.2. The molecule has 0 radical (unpaired) electrons. The molecule has 0 unspecified atom stereocenters. The van der Waals surface area contributed by atoms with Crippen LogP contribution in [0, 0.1) is 6.92 Å². The molecule has 5 nitrogen and oxygen atoms in total. The summed E-state index contributed by atoms with van der Waals surface area (Å²) in [4.78, 5) is 9.52. The normalized spacial score (nSPS) is 17.0. The summed E-state index contributed by atoms with van der Waals surface area (Å²) in [7, 11) is 2.15. The van der Waals surface area contributed by atoms with Crippen molar-refractivity contribution in [1.29, 1.82) is 0 Å². The summed E-state index contributed by atoms with van der Waals surface area (Å²) in [5, 5.41) is 6.35. The van der Waals surface area contributed by atoms with Crippen molar-refractivity contribution in [2.24, 2.45) is 0 Å². The monoisotopic (exact) mass is 282 g/mol. The van der Waals surface area contributed by atoms with Crippen LogP contribution in [-0.2, 0) is 0 Å². The predicted molar refractivity (Wildman–Crippen MR) is 83.8 cm³/mol. The van der Waals surface area contributed by atoms with Crippen LogP contribution in [0.3, 0.4) is 0 Å². The van der Waals surface area contributed by atoms with E-state index in [1.54, 1.807) is 6.26 Å². The second-order valence-electron chi connectivity index (χ2n) is 5.82. The van der Waals surface area contributed by atoms with E-state index in [2.05, 4.69) is 47.1 Å². The lowest BCUT2D eigenvalue weighted by atomic mass is 10.1. The zero-order valence-electron chi connectivity index (χ0n) is 12.3. The van der Waals surface area contributed by atoms with Gasteiger partial charge in [-0.15, -0.1) is 0 Å². The van der Waals surface area contributed by atoms with E-state index >= 15 is 0 Å². The zero-order chi connectivity index (χ0) is 14.4. The van der Waals surface area contributed by atoms with Gasteiger partial charge in [-0.25, -0.2) is 4.98 Å². The first-order valence-electron chi connectivity index (χ1n) is 7.30. The summed E-state index contributed by atoms with van der Waals surface area (Å²) in [6.45, 7) is 6.14. The molecular weight excluding hydrogens is 264 g/mol. The molecule has 0 saturated carbocycles. The van der Waals surface area contributed by atoms with Gasteiger partial charge in [0.25, 0.3) is 0 Å². The van der Waals surface area contributed by atoms with Crippen LogP contribution in [0.5, 0.6) is 0 Å². The van der Waals surface area contributed by atoms with Gasteiger partial charge in [-0.3, -0.25) is 0 Å². The molecule has 0 atom stereocenters. The molecule has 1 saturated heterocycles. The second kappa shape index (κ2) is 4.70. The molecule has 1 aliphatic heterocycles. The van der Waals surface area contributed by atoms with E-state index in [0.29, 0.717) is 0 Å². The van der Waals surface area contributed by atoms with E-state index in [0.717, 1.165) is 53.8 Å². The minimum absolute atomic E-state index is 0.871. The zero-order valence-corrected chi connectivity index (χ0v) is 12.3. The summed E-state index contributed by atoms with van der Waals surface area (Å²) in [6, 6.07) is 6.33. The number of hydrogen-bond donors (Lipinski definition) is 0. The van der Waals surface area contributed by atoms with Gasteiger partial charge >= 0.3 is 0 Å². The van der Waals surface area contributed by atoms with E-state index in [-0.39, 0.29) is 0 Å². The van der Waals surface area contributed by atoms with Crippen molar-refractivity contribution >= 4 is 27.6 Å². The number of anilines is 1. The van der Waals surface area contributed by atoms with E-state index in [1.807, 2.05) is 0 Å². The third kappa shape index (κ3) is 2.05. The molecule has 2 aromatic heterocycles. The second-order valence-corrected chi connectivity index (χ2v) is 5.82. The molecule has 1 aliphatic rings. The highest BCUT2D eigenvalue weighted by molar-refractivity contribution is 6.08. The Bertz CT molecular complexity index is 802. The van der Waals surface area contributed by atoms with Crippen LogP contribution in [-0.4, -0.2) is 48.3 Å². The molecule has 0 aliphatic carbocycles. The average molecular weight is 282 g/mol. The molecule has 21 heavy (non-hydrogen) atoms. The molecule has 108 valence electrons. The summed E-state index contributed by atoms with van der Waals surface area (Å²) in [5.74, 6) is 0.949. The number of benzene rings is 1. The molecule has 1 fully saturated rings. The van der Waals surface area contributed by atoms with Crippen LogP contribution in [0.15, 0.2) is 29.0 Å². The van der Waals surface area contributed by atoms with Crippen molar-refractivity contribution in [2.45, 2.75) is 6.92 Å². The summed E-state index contributed by atoms with van der Waals surface area (Å²) < 4.78 is 5.23. The van der Waals surface area contributed by atoms with Crippen LogP contribution >= 0.6 is 0 Å². The fourth-order valence-electron chi connectivity index (χ4n) is 2.96. The van der Waals surface area contributed by atoms with Gasteiger partial charge < -0.3 is 14.3 Å². The number of fused-ring (bicyclic) bond motifs is 3. The van der Waals surface area contributed by atoms with E-state index in [1.165, 1.54) is 5.56 Å². The summed E-state index contributed by atoms with van der Waals surface area (Å²) in [6.07, 6.45) is 1.73. The highest BCUT2D eigenvalue weighted by atomic mass is 16.5. The lowest BCUT2D eigenvalue weighted by Crippen LogP contribution is -2.44. The number of pyridine rings is 1. The number of aryl methyl sites for hydroxylation is 1. The maximum absolute atomic E-state index is 5.23. The van der Waals surface area contributed by atoms with Crippen molar-refractivity contribution in [3.05, 3.63) is 30.0 Å². The number of piperazine rings is 1. The van der Waals surface area contributed by atoms with E-state index in [9.17, 15) is 0 Å².